The van der Waals surface area contributed by atoms with Crippen LogP contribution < -0.4 is 5.32 Å². The molecule has 1 saturated heterocycles. The van der Waals surface area contributed by atoms with Crippen LogP contribution in [-0.2, 0) is 17.5 Å². The van der Waals surface area contributed by atoms with Crippen molar-refractivity contribution in [1.82, 2.24) is 15.2 Å². The number of fused-ring (bicyclic) bond motifs is 1. The monoisotopic (exact) mass is 294 g/mol. The Balaban J connectivity index is 1.97. The van der Waals surface area contributed by atoms with Crippen LogP contribution in [0.4, 0.5) is 4.79 Å². The summed E-state index contributed by atoms with van der Waals surface area (Å²) in [6, 6.07) is 3.86. The Hall–Kier alpha value is -2.01. The number of aromatic nitrogens is 1. The van der Waals surface area contributed by atoms with E-state index in [1.807, 2.05) is 0 Å². The lowest BCUT2D eigenvalue weighted by Gasteiger charge is -2.09. The summed E-state index contributed by atoms with van der Waals surface area (Å²) in [5, 5.41) is 2.89. The van der Waals surface area contributed by atoms with Gasteiger partial charge < -0.3 is 19.9 Å². The molecule has 5 nitrogen and oxygen atoms in total. The second-order valence-corrected chi connectivity index (χ2v) is 4.94. The van der Waals surface area contributed by atoms with Crippen molar-refractivity contribution < 1.29 is 19.1 Å². The van der Waals surface area contributed by atoms with Crippen molar-refractivity contribution in [1.29, 1.82) is 0 Å². The highest BCUT2D eigenvalue weighted by atomic mass is 16.6. The number of alkyl carbamates (subject to hydrolysis) is 1. The molecule has 21 heavy (non-hydrogen) atoms. The minimum Gasteiger partial charge on any atom is -0.447 e. The number of carbonyl (C=O) groups is 1. The van der Waals surface area contributed by atoms with Crippen LogP contribution in [0.2, 0.25) is 0 Å². The molecule has 2 heterocycles. The van der Waals surface area contributed by atoms with E-state index in [0.717, 1.165) is 4.90 Å². The van der Waals surface area contributed by atoms with Gasteiger partial charge in [0.1, 0.15) is 6.61 Å². The lowest BCUT2D eigenvalue weighted by Crippen LogP contribution is -2.28. The van der Waals surface area contributed by atoms with E-state index >= 15 is 0 Å². The van der Waals surface area contributed by atoms with E-state index in [0.29, 0.717) is 10.9 Å². The molecule has 1 aromatic heterocycles. The Bertz CT molecular complexity index is 894. The van der Waals surface area contributed by atoms with Crippen molar-refractivity contribution >= 4 is 17.0 Å². The number of cyclic esters (lactones) is 1. The van der Waals surface area contributed by atoms with Gasteiger partial charge in [-0.15, -0.1) is 0 Å². The first-order valence-electron chi connectivity index (χ1n) is 10.1. The summed E-state index contributed by atoms with van der Waals surface area (Å²) >= 11 is 0. The fraction of sp³-hybridized carbons (Fsp3) is 0.438. The van der Waals surface area contributed by atoms with Crippen molar-refractivity contribution in [3.8, 4) is 0 Å². The fourth-order valence-corrected chi connectivity index (χ4v) is 2.22. The molecule has 5 heteroatoms. The summed E-state index contributed by atoms with van der Waals surface area (Å²) in [7, 11) is 1.33. The van der Waals surface area contributed by atoms with E-state index in [1.165, 1.54) is 19.3 Å². The van der Waals surface area contributed by atoms with Gasteiger partial charge in [-0.25, -0.2) is 4.79 Å². The maximum Gasteiger partial charge on any atom is 0.407 e. The van der Waals surface area contributed by atoms with Gasteiger partial charge in [0.25, 0.3) is 0 Å². The van der Waals surface area contributed by atoms with Crippen molar-refractivity contribution in [3.05, 3.63) is 35.5 Å². The summed E-state index contributed by atoms with van der Waals surface area (Å²) in [6.45, 7) is -2.89. The average Bonchev–Trinajstić information content (AvgIpc) is 3.19. The van der Waals surface area contributed by atoms with Gasteiger partial charge in [-0.2, -0.15) is 0 Å². The molecule has 2 N–H and O–H groups in total. The number of likely N-dealkylation sites (N-methyl/N-ethyl adjacent to an activating group) is 1. The minimum absolute atomic E-state index is 0.103. The summed E-state index contributed by atoms with van der Waals surface area (Å²) in [5.74, 6) is 0. The molecule has 1 aliphatic rings. The largest absolute Gasteiger partial charge is 0.447 e. The summed E-state index contributed by atoms with van der Waals surface area (Å²) in [6.07, 6.45) is -3.13. The predicted octanol–water partition coefficient (Wildman–Crippen LogP) is 1.92. The maximum absolute atomic E-state index is 11.3. The van der Waals surface area contributed by atoms with E-state index in [-0.39, 0.29) is 24.3 Å². The Labute approximate surface area is 134 Å². The smallest absolute Gasteiger partial charge is 0.407 e. The highest BCUT2D eigenvalue weighted by Crippen LogP contribution is 2.21. The van der Waals surface area contributed by atoms with Crippen LogP contribution in [0.5, 0.6) is 0 Å². The number of benzene rings is 1. The fourth-order valence-electron chi connectivity index (χ4n) is 2.22. The third-order valence-electron chi connectivity index (χ3n) is 3.20. The van der Waals surface area contributed by atoms with Gasteiger partial charge in [-0.3, -0.25) is 0 Å². The van der Waals surface area contributed by atoms with Gasteiger partial charge in [-0.1, -0.05) is 6.07 Å². The van der Waals surface area contributed by atoms with E-state index in [2.05, 4.69) is 10.3 Å². The molecule has 0 spiro atoms. The first kappa shape index (κ1) is 7.84. The molecular formula is C16H21N3O2. The molecule has 0 saturated carbocycles. The maximum atomic E-state index is 11.3. The van der Waals surface area contributed by atoms with Crippen LogP contribution in [-0.4, -0.2) is 49.2 Å². The quantitative estimate of drug-likeness (QED) is 0.886. The number of nitrogens with zero attached hydrogens (tertiary/aromatic N) is 1. The predicted molar refractivity (Wildman–Crippen MR) is 82.5 cm³/mol. The topological polar surface area (TPSA) is 57.4 Å². The van der Waals surface area contributed by atoms with Crippen molar-refractivity contribution in [2.75, 3.05) is 27.2 Å². The van der Waals surface area contributed by atoms with Gasteiger partial charge in [-0.05, 0) is 50.0 Å². The van der Waals surface area contributed by atoms with Crippen LogP contribution in [0.1, 0.15) is 20.7 Å². The normalized spacial score (nSPS) is 25.1. The third kappa shape index (κ3) is 3.19. The van der Waals surface area contributed by atoms with Crippen molar-refractivity contribution in [2.45, 2.75) is 18.8 Å². The van der Waals surface area contributed by atoms with Crippen molar-refractivity contribution in [2.24, 2.45) is 0 Å². The molecule has 0 unspecified atom stereocenters. The van der Waals surface area contributed by atoms with Gasteiger partial charge in [0.15, 0.2) is 0 Å². The molecule has 1 fully saturated rings. The van der Waals surface area contributed by atoms with Gasteiger partial charge in [0, 0.05) is 33.2 Å². The molecule has 1 atom stereocenters. The van der Waals surface area contributed by atoms with Crippen molar-refractivity contribution in [3.63, 3.8) is 0 Å². The van der Waals surface area contributed by atoms with Crippen LogP contribution >= 0.6 is 0 Å². The highest BCUT2D eigenvalue weighted by Gasteiger charge is 2.22. The van der Waals surface area contributed by atoms with Crippen LogP contribution in [0, 0.1) is 0 Å². The Kier molecular flexibility index (Phi) is 2.16. The number of rotatable bonds is 5. The van der Waals surface area contributed by atoms with Crippen LogP contribution in [0.3, 0.4) is 0 Å². The van der Waals surface area contributed by atoms with Gasteiger partial charge in [0.2, 0.25) is 0 Å². The Morgan fingerprint density at radius 1 is 1.57 bits per heavy atom. The summed E-state index contributed by atoms with van der Waals surface area (Å²) in [5.41, 5.74) is 1.10. The zero-order valence-electron chi connectivity index (χ0n) is 18.6. The zero-order chi connectivity index (χ0) is 20.9. The van der Waals surface area contributed by atoms with E-state index in [9.17, 15) is 4.79 Å². The van der Waals surface area contributed by atoms with E-state index < -0.39 is 31.9 Å². The molecule has 0 aliphatic carbocycles. The number of nitrogens with one attached hydrogen (secondary N) is 2. The number of carbonyl (C=O) groups excluding carboxylic acids is 1. The van der Waals surface area contributed by atoms with E-state index in [4.69, 9.17) is 14.3 Å². The molecular weight excluding hydrogens is 266 g/mol. The molecule has 1 aromatic carbocycles. The summed E-state index contributed by atoms with van der Waals surface area (Å²) < 4.78 is 60.6. The SMILES string of the molecule is [2H]C([2H])(CN(C)C([2H])([2H])[2H])c1c[nH]c2ccc(C([2H])([2H])[C@H]3COC(=O)N3)cc12. The molecule has 2 aromatic rings. The Morgan fingerprint density at radius 2 is 2.48 bits per heavy atom. The third-order valence-corrected chi connectivity index (χ3v) is 3.20. The molecule has 1 amide bonds. The first-order valence-corrected chi connectivity index (χ1v) is 6.59. The molecule has 1 aliphatic heterocycles. The number of amides is 1. The van der Waals surface area contributed by atoms with Gasteiger partial charge >= 0.3 is 6.09 Å². The average molecular weight is 294 g/mol. The van der Waals surface area contributed by atoms with Crippen LogP contribution in [0.15, 0.2) is 24.4 Å². The number of ether oxygens (including phenoxy) is 1. The lowest BCUT2D eigenvalue weighted by molar-refractivity contribution is 0.177. The zero-order valence-corrected chi connectivity index (χ0v) is 11.6. The minimum atomic E-state index is -2.43. The number of hydrogen-bond acceptors (Lipinski definition) is 3. The second kappa shape index (κ2) is 5.77. The molecule has 112 valence electrons. The molecule has 3 rings (SSSR count). The number of H-pyrrole nitrogens is 1. The second-order valence-electron chi connectivity index (χ2n) is 4.94. The highest BCUT2D eigenvalue weighted by molar-refractivity contribution is 5.84. The summed E-state index contributed by atoms with van der Waals surface area (Å²) in [4.78, 5) is 15.2. The standard InChI is InChI=1S/C16H21N3O2/c1-19(2)6-5-12-9-17-15-4-3-11(8-14(12)15)7-13-10-21-16(20)18-13/h3-4,8-9,13,17H,5-7,10H2,1-2H3,(H,18,20)/t13-/m0/s1/i1D3,5D2,7D2. The molecule has 0 radical (unpaired) electrons. The Morgan fingerprint density at radius 3 is 3.24 bits per heavy atom. The lowest BCUT2D eigenvalue weighted by atomic mass is 10.0. The first-order chi connectivity index (χ1) is 12.8. The van der Waals surface area contributed by atoms with Gasteiger partial charge in [0.05, 0.1) is 6.04 Å². The number of aromatic amines is 1. The van der Waals surface area contributed by atoms with E-state index in [1.54, 1.807) is 12.1 Å². The van der Waals surface area contributed by atoms with Crippen LogP contribution in [0.25, 0.3) is 10.9 Å². The number of hydrogen-bond donors (Lipinski definition) is 2. The molecule has 0 bridgehead atoms.